The molecule has 6 nitrogen and oxygen atoms in total. The molecule has 0 fully saturated rings. The molecule has 3 N–H and O–H groups in total. The third-order valence-corrected chi connectivity index (χ3v) is 5.64. The minimum absolute atomic E-state index is 0.252. The molecule has 0 aliphatic heterocycles. The van der Waals surface area contributed by atoms with E-state index in [-0.39, 0.29) is 17.9 Å². The Balaban J connectivity index is 1.56. The Morgan fingerprint density at radius 1 is 1.06 bits per heavy atom. The van der Waals surface area contributed by atoms with Crippen molar-refractivity contribution in [2.75, 3.05) is 13.2 Å². The molecule has 1 aromatic heterocycles. The van der Waals surface area contributed by atoms with E-state index in [2.05, 4.69) is 15.0 Å². The average molecular weight is 499 g/mol. The first-order valence-electron chi connectivity index (χ1n) is 11.4. The Labute approximate surface area is 205 Å². The van der Waals surface area contributed by atoms with Crippen LogP contribution in [0.2, 0.25) is 0 Å². The summed E-state index contributed by atoms with van der Waals surface area (Å²) < 4.78 is 46.9. The Morgan fingerprint density at radius 3 is 2.47 bits per heavy atom. The molecule has 0 aliphatic carbocycles. The zero-order chi connectivity index (χ0) is 25.7. The largest absolute Gasteiger partial charge is 0.573 e. The van der Waals surface area contributed by atoms with E-state index in [0.29, 0.717) is 29.9 Å². The number of hydrogen-bond donors (Lipinski definition) is 3. The molecule has 1 amide bonds. The normalized spacial score (nSPS) is 12.4. The molecular formula is C27H25F3N2O4. The van der Waals surface area contributed by atoms with E-state index in [4.69, 9.17) is 4.74 Å². The van der Waals surface area contributed by atoms with Crippen LogP contribution in [0.4, 0.5) is 13.2 Å². The van der Waals surface area contributed by atoms with Gasteiger partial charge in [0.15, 0.2) is 0 Å². The van der Waals surface area contributed by atoms with Crippen LogP contribution in [0.1, 0.15) is 22.8 Å². The summed E-state index contributed by atoms with van der Waals surface area (Å²) in [5, 5.41) is 13.8. The van der Waals surface area contributed by atoms with Crippen molar-refractivity contribution >= 4 is 16.8 Å². The van der Waals surface area contributed by atoms with E-state index in [1.807, 2.05) is 30.5 Å². The SMILES string of the molecule is CCOc1ccc(-c2ccc(OC(F)(F)F)cc2)cc1C(=O)N[C@@H](CO)Cc1c[nH]c2ccccc12. The van der Waals surface area contributed by atoms with Crippen molar-refractivity contribution in [1.82, 2.24) is 10.3 Å². The number of hydrogen-bond acceptors (Lipinski definition) is 4. The molecule has 0 saturated heterocycles. The maximum Gasteiger partial charge on any atom is 0.573 e. The number of carbonyl (C=O) groups excluding carboxylic acids is 1. The van der Waals surface area contributed by atoms with Gasteiger partial charge < -0.3 is 24.9 Å². The third kappa shape index (κ3) is 5.98. The minimum Gasteiger partial charge on any atom is -0.493 e. The maximum absolute atomic E-state index is 13.2. The first-order chi connectivity index (χ1) is 17.3. The zero-order valence-electron chi connectivity index (χ0n) is 19.4. The summed E-state index contributed by atoms with van der Waals surface area (Å²) in [5.41, 5.74) is 3.39. The second-order valence-corrected chi connectivity index (χ2v) is 8.13. The number of aliphatic hydroxyl groups excluding tert-OH is 1. The quantitative estimate of drug-likeness (QED) is 0.286. The number of rotatable bonds is 9. The predicted octanol–water partition coefficient (Wildman–Crippen LogP) is 5.47. The lowest BCUT2D eigenvalue weighted by Crippen LogP contribution is -2.39. The van der Waals surface area contributed by atoms with Crippen molar-refractivity contribution in [1.29, 1.82) is 0 Å². The fourth-order valence-corrected chi connectivity index (χ4v) is 4.01. The molecule has 9 heteroatoms. The standard InChI is InChI=1S/C27H25F3N2O4/c1-2-35-25-12-9-18(17-7-10-21(11-8-17)36-27(28,29)30)14-23(25)26(34)32-20(16-33)13-19-15-31-24-6-4-3-5-22(19)24/h3-12,14-15,20,31,33H,2,13,16H2,1H3,(H,32,34)/t20-/m1/s1. The number of carbonyl (C=O) groups is 1. The number of aliphatic hydroxyl groups is 1. The van der Waals surface area contributed by atoms with Crippen LogP contribution in [0.15, 0.2) is 72.9 Å². The highest BCUT2D eigenvalue weighted by Gasteiger charge is 2.31. The number of para-hydroxylation sites is 1. The summed E-state index contributed by atoms with van der Waals surface area (Å²) in [6, 6.07) is 17.6. The van der Waals surface area contributed by atoms with Gasteiger partial charge in [0, 0.05) is 17.1 Å². The van der Waals surface area contributed by atoms with Crippen LogP contribution >= 0.6 is 0 Å². The lowest BCUT2D eigenvalue weighted by Gasteiger charge is -2.18. The van der Waals surface area contributed by atoms with Crippen molar-refractivity contribution in [2.24, 2.45) is 0 Å². The lowest BCUT2D eigenvalue weighted by atomic mass is 10.0. The van der Waals surface area contributed by atoms with Crippen LogP contribution in [0.25, 0.3) is 22.0 Å². The van der Waals surface area contributed by atoms with Gasteiger partial charge in [-0.25, -0.2) is 0 Å². The van der Waals surface area contributed by atoms with Gasteiger partial charge in [-0.3, -0.25) is 4.79 Å². The van der Waals surface area contributed by atoms with E-state index in [9.17, 15) is 23.1 Å². The molecular weight excluding hydrogens is 473 g/mol. The molecule has 0 saturated carbocycles. The smallest absolute Gasteiger partial charge is 0.493 e. The third-order valence-electron chi connectivity index (χ3n) is 5.64. The van der Waals surface area contributed by atoms with E-state index in [1.54, 1.807) is 25.1 Å². The van der Waals surface area contributed by atoms with Gasteiger partial charge in [-0.05, 0) is 60.4 Å². The van der Waals surface area contributed by atoms with Crippen LogP contribution in [-0.2, 0) is 6.42 Å². The zero-order valence-corrected chi connectivity index (χ0v) is 19.4. The molecule has 36 heavy (non-hydrogen) atoms. The van der Waals surface area contributed by atoms with Crippen LogP contribution in [0.3, 0.4) is 0 Å². The summed E-state index contributed by atoms with van der Waals surface area (Å²) in [7, 11) is 0. The number of benzene rings is 3. The summed E-state index contributed by atoms with van der Waals surface area (Å²) in [6.07, 6.45) is -2.50. The number of aromatic nitrogens is 1. The number of ether oxygens (including phenoxy) is 2. The highest BCUT2D eigenvalue weighted by molar-refractivity contribution is 5.98. The highest BCUT2D eigenvalue weighted by atomic mass is 19.4. The van der Waals surface area contributed by atoms with E-state index >= 15 is 0 Å². The molecule has 0 unspecified atom stereocenters. The van der Waals surface area contributed by atoms with Gasteiger partial charge in [-0.15, -0.1) is 13.2 Å². The van der Waals surface area contributed by atoms with Gasteiger partial charge in [-0.2, -0.15) is 0 Å². The second kappa shape index (κ2) is 10.7. The van der Waals surface area contributed by atoms with Crippen molar-refractivity contribution in [2.45, 2.75) is 25.7 Å². The molecule has 4 aromatic rings. The fraction of sp³-hybridized carbons (Fsp3) is 0.222. The van der Waals surface area contributed by atoms with Crippen molar-refractivity contribution in [3.05, 3.63) is 84.1 Å². The van der Waals surface area contributed by atoms with Crippen molar-refractivity contribution < 1.29 is 32.5 Å². The number of nitrogens with one attached hydrogen (secondary N) is 2. The van der Waals surface area contributed by atoms with Gasteiger partial charge >= 0.3 is 6.36 Å². The monoisotopic (exact) mass is 498 g/mol. The Kier molecular flexibility index (Phi) is 7.49. The number of aromatic amines is 1. The van der Waals surface area contributed by atoms with Crippen LogP contribution in [0.5, 0.6) is 11.5 Å². The molecule has 188 valence electrons. The Hall–Kier alpha value is -3.98. The van der Waals surface area contributed by atoms with E-state index < -0.39 is 18.3 Å². The Bertz CT molecular complexity index is 1330. The maximum atomic E-state index is 13.2. The number of amides is 1. The number of alkyl halides is 3. The predicted molar refractivity (Wildman–Crippen MR) is 130 cm³/mol. The van der Waals surface area contributed by atoms with Crippen molar-refractivity contribution in [3.8, 4) is 22.6 Å². The topological polar surface area (TPSA) is 83.6 Å². The Morgan fingerprint density at radius 2 is 1.78 bits per heavy atom. The van der Waals surface area contributed by atoms with Gasteiger partial charge in [0.2, 0.25) is 0 Å². The van der Waals surface area contributed by atoms with E-state index in [1.165, 1.54) is 24.3 Å². The van der Waals surface area contributed by atoms with Crippen LogP contribution in [0, 0.1) is 0 Å². The first kappa shape index (κ1) is 25.1. The number of H-pyrrole nitrogens is 1. The molecule has 0 aliphatic rings. The first-order valence-corrected chi connectivity index (χ1v) is 11.4. The average Bonchev–Trinajstić information content (AvgIpc) is 3.26. The summed E-state index contributed by atoms with van der Waals surface area (Å²) in [5.74, 6) is -0.408. The number of halogens is 3. The molecule has 4 rings (SSSR count). The summed E-state index contributed by atoms with van der Waals surface area (Å²) >= 11 is 0. The van der Waals surface area contributed by atoms with Crippen LogP contribution < -0.4 is 14.8 Å². The number of fused-ring (bicyclic) bond motifs is 1. The van der Waals surface area contributed by atoms with Gasteiger partial charge in [-0.1, -0.05) is 36.4 Å². The van der Waals surface area contributed by atoms with Gasteiger partial charge in [0.1, 0.15) is 11.5 Å². The van der Waals surface area contributed by atoms with Gasteiger partial charge in [0.25, 0.3) is 5.91 Å². The van der Waals surface area contributed by atoms with Gasteiger partial charge in [0.05, 0.1) is 24.8 Å². The molecule has 0 bridgehead atoms. The molecule has 3 aromatic carbocycles. The van der Waals surface area contributed by atoms with Crippen molar-refractivity contribution in [3.63, 3.8) is 0 Å². The highest BCUT2D eigenvalue weighted by Crippen LogP contribution is 2.30. The molecule has 0 spiro atoms. The molecule has 1 heterocycles. The lowest BCUT2D eigenvalue weighted by molar-refractivity contribution is -0.274. The molecule has 0 radical (unpaired) electrons. The van der Waals surface area contributed by atoms with E-state index in [0.717, 1.165) is 16.5 Å². The summed E-state index contributed by atoms with van der Waals surface area (Å²) in [6.45, 7) is 1.86. The second-order valence-electron chi connectivity index (χ2n) is 8.13. The summed E-state index contributed by atoms with van der Waals surface area (Å²) in [4.78, 5) is 16.4. The molecule has 1 atom stereocenters. The van der Waals surface area contributed by atoms with Crippen LogP contribution in [-0.4, -0.2) is 41.6 Å². The fourth-order valence-electron chi connectivity index (χ4n) is 4.01. The minimum atomic E-state index is -4.78.